The van der Waals surface area contributed by atoms with Crippen molar-refractivity contribution in [1.29, 1.82) is 0 Å². The Labute approximate surface area is 128 Å². The predicted octanol–water partition coefficient (Wildman–Crippen LogP) is 2.22. The Morgan fingerprint density at radius 2 is 2.14 bits per heavy atom. The third-order valence-electron chi connectivity index (χ3n) is 4.13. The first-order chi connectivity index (χ1) is 10.7. The molecule has 0 saturated heterocycles. The summed E-state index contributed by atoms with van der Waals surface area (Å²) in [6, 6.07) is 5.25. The van der Waals surface area contributed by atoms with Crippen LogP contribution in [0.3, 0.4) is 0 Å². The molecule has 0 radical (unpaired) electrons. The van der Waals surface area contributed by atoms with Crippen molar-refractivity contribution in [2.75, 3.05) is 7.05 Å². The maximum atomic E-state index is 11.8. The summed E-state index contributed by atoms with van der Waals surface area (Å²) in [5.41, 5.74) is 3.13. The number of hydrogen-bond acceptors (Lipinski definition) is 4. The number of hydrogen-bond donors (Lipinski definition) is 1. The van der Waals surface area contributed by atoms with Crippen molar-refractivity contribution in [3.8, 4) is 0 Å². The zero-order valence-corrected chi connectivity index (χ0v) is 12.5. The Kier molecular flexibility index (Phi) is 4.09. The molecule has 0 spiro atoms. The van der Waals surface area contributed by atoms with Gasteiger partial charge in [-0.25, -0.2) is 4.98 Å². The Morgan fingerprint density at radius 3 is 2.95 bits per heavy atom. The Hall–Kier alpha value is -2.37. The third-order valence-corrected chi connectivity index (χ3v) is 4.13. The number of carbonyl (C=O) groups excluding carboxylic acids is 2. The SMILES string of the molecule is CNC(=O)c1cccc(CC2N=NC(=O)C3=C2CCCC3)n1. The van der Waals surface area contributed by atoms with Crippen molar-refractivity contribution in [2.24, 2.45) is 10.2 Å². The fourth-order valence-electron chi connectivity index (χ4n) is 3.00. The van der Waals surface area contributed by atoms with Crippen molar-refractivity contribution in [2.45, 2.75) is 38.1 Å². The summed E-state index contributed by atoms with van der Waals surface area (Å²) in [6.07, 6.45) is 4.40. The molecule has 2 heterocycles. The summed E-state index contributed by atoms with van der Waals surface area (Å²) >= 11 is 0. The Balaban J connectivity index is 1.84. The summed E-state index contributed by atoms with van der Waals surface area (Å²) in [7, 11) is 1.58. The molecule has 2 amide bonds. The number of nitrogens with zero attached hydrogens (tertiary/aromatic N) is 3. The highest BCUT2D eigenvalue weighted by Gasteiger charge is 2.29. The van der Waals surface area contributed by atoms with E-state index in [0.29, 0.717) is 12.1 Å². The molecule has 1 aromatic rings. The molecule has 6 heteroatoms. The molecule has 3 rings (SSSR count). The highest BCUT2D eigenvalue weighted by molar-refractivity contribution is 5.95. The zero-order valence-electron chi connectivity index (χ0n) is 12.5. The van der Waals surface area contributed by atoms with E-state index in [1.54, 1.807) is 13.1 Å². The van der Waals surface area contributed by atoms with E-state index in [0.717, 1.165) is 42.5 Å². The quantitative estimate of drug-likeness (QED) is 0.928. The highest BCUT2D eigenvalue weighted by atomic mass is 16.2. The van der Waals surface area contributed by atoms with Gasteiger partial charge in [0.2, 0.25) is 0 Å². The minimum atomic E-state index is -0.208. The second-order valence-corrected chi connectivity index (χ2v) is 5.54. The molecule has 1 atom stereocenters. The van der Waals surface area contributed by atoms with Crippen LogP contribution in [-0.2, 0) is 11.2 Å². The fraction of sp³-hybridized carbons (Fsp3) is 0.438. The largest absolute Gasteiger partial charge is 0.354 e. The maximum absolute atomic E-state index is 11.8. The van der Waals surface area contributed by atoms with Gasteiger partial charge in [-0.3, -0.25) is 9.59 Å². The summed E-state index contributed by atoms with van der Waals surface area (Å²) in [5, 5.41) is 10.5. The second-order valence-electron chi connectivity index (χ2n) is 5.54. The molecule has 1 unspecified atom stereocenters. The lowest BCUT2D eigenvalue weighted by Gasteiger charge is -2.25. The van der Waals surface area contributed by atoms with Gasteiger partial charge in [0.25, 0.3) is 11.8 Å². The van der Waals surface area contributed by atoms with Crippen LogP contribution >= 0.6 is 0 Å². The maximum Gasteiger partial charge on any atom is 0.291 e. The van der Waals surface area contributed by atoms with Gasteiger partial charge >= 0.3 is 0 Å². The molecule has 0 fully saturated rings. The molecule has 22 heavy (non-hydrogen) atoms. The average Bonchev–Trinajstić information content (AvgIpc) is 2.57. The van der Waals surface area contributed by atoms with Crippen LogP contribution < -0.4 is 5.32 Å². The standard InChI is InChI=1S/C16H18N4O2/c1-17-16(22)13-8-4-5-10(18-13)9-14-11-6-2-3-7-12(11)15(21)20-19-14/h4-5,8,14H,2-3,6-7,9H2,1H3,(H,17,22). The summed E-state index contributed by atoms with van der Waals surface area (Å²) in [5.74, 6) is -0.391. The van der Waals surface area contributed by atoms with Crippen LogP contribution in [0.4, 0.5) is 0 Å². The van der Waals surface area contributed by atoms with Crippen molar-refractivity contribution < 1.29 is 9.59 Å². The van der Waals surface area contributed by atoms with Crippen LogP contribution in [0.15, 0.2) is 39.6 Å². The number of azo groups is 1. The lowest BCUT2D eigenvalue weighted by Crippen LogP contribution is -2.24. The van der Waals surface area contributed by atoms with E-state index in [9.17, 15) is 9.59 Å². The van der Waals surface area contributed by atoms with Gasteiger partial charge in [0.15, 0.2) is 0 Å². The van der Waals surface area contributed by atoms with Gasteiger partial charge in [-0.05, 0) is 43.4 Å². The van der Waals surface area contributed by atoms with E-state index in [4.69, 9.17) is 0 Å². The molecule has 6 nitrogen and oxygen atoms in total. The normalized spacial score (nSPS) is 20.8. The third kappa shape index (κ3) is 2.81. The van der Waals surface area contributed by atoms with Gasteiger partial charge in [0.1, 0.15) is 5.69 Å². The van der Waals surface area contributed by atoms with Crippen LogP contribution in [0.1, 0.15) is 41.9 Å². The lowest BCUT2D eigenvalue weighted by molar-refractivity contribution is -0.115. The number of amides is 2. The molecule has 1 aliphatic carbocycles. The monoisotopic (exact) mass is 298 g/mol. The lowest BCUT2D eigenvalue weighted by atomic mass is 9.85. The molecule has 2 aliphatic rings. The minimum absolute atomic E-state index is 0.125. The fourth-order valence-corrected chi connectivity index (χ4v) is 3.00. The van der Waals surface area contributed by atoms with Gasteiger partial charge in [0, 0.05) is 24.7 Å². The molecule has 0 aromatic carbocycles. The van der Waals surface area contributed by atoms with Crippen LogP contribution in [0.25, 0.3) is 0 Å². The van der Waals surface area contributed by atoms with E-state index in [1.165, 1.54) is 0 Å². The topological polar surface area (TPSA) is 83.8 Å². The number of carbonyl (C=O) groups is 2. The average molecular weight is 298 g/mol. The highest BCUT2D eigenvalue weighted by Crippen LogP contribution is 2.33. The molecule has 0 saturated carbocycles. The molecular weight excluding hydrogens is 280 g/mol. The minimum Gasteiger partial charge on any atom is -0.354 e. The van der Waals surface area contributed by atoms with E-state index in [2.05, 4.69) is 20.5 Å². The number of rotatable bonds is 3. The van der Waals surface area contributed by atoms with E-state index < -0.39 is 0 Å². The number of pyridine rings is 1. The van der Waals surface area contributed by atoms with Crippen molar-refractivity contribution in [3.63, 3.8) is 0 Å². The van der Waals surface area contributed by atoms with Gasteiger partial charge < -0.3 is 5.32 Å². The summed E-state index contributed by atoms with van der Waals surface area (Å²) in [4.78, 5) is 27.9. The van der Waals surface area contributed by atoms with Gasteiger partial charge in [-0.2, -0.15) is 5.11 Å². The van der Waals surface area contributed by atoms with E-state index in [1.807, 2.05) is 12.1 Å². The number of nitrogens with one attached hydrogen (secondary N) is 1. The van der Waals surface area contributed by atoms with Crippen molar-refractivity contribution >= 4 is 11.8 Å². The summed E-state index contributed by atoms with van der Waals surface area (Å²) in [6.45, 7) is 0. The van der Waals surface area contributed by atoms with Crippen LogP contribution in [0.5, 0.6) is 0 Å². The summed E-state index contributed by atoms with van der Waals surface area (Å²) < 4.78 is 0. The predicted molar refractivity (Wildman–Crippen MR) is 80.5 cm³/mol. The zero-order chi connectivity index (χ0) is 15.5. The molecule has 1 aromatic heterocycles. The molecule has 1 aliphatic heterocycles. The Morgan fingerprint density at radius 1 is 1.32 bits per heavy atom. The van der Waals surface area contributed by atoms with Crippen LogP contribution in [0.2, 0.25) is 0 Å². The first-order valence-corrected chi connectivity index (χ1v) is 7.54. The van der Waals surface area contributed by atoms with Gasteiger partial charge in [0.05, 0.1) is 6.04 Å². The first-order valence-electron chi connectivity index (χ1n) is 7.54. The molecule has 114 valence electrons. The molecule has 1 N–H and O–H groups in total. The van der Waals surface area contributed by atoms with Gasteiger partial charge in [-0.15, -0.1) is 5.11 Å². The van der Waals surface area contributed by atoms with Crippen LogP contribution in [-0.4, -0.2) is 29.9 Å². The van der Waals surface area contributed by atoms with Crippen molar-refractivity contribution in [1.82, 2.24) is 10.3 Å². The number of aromatic nitrogens is 1. The smallest absolute Gasteiger partial charge is 0.291 e. The van der Waals surface area contributed by atoms with Crippen LogP contribution in [0, 0.1) is 0 Å². The molecular formula is C16H18N4O2. The van der Waals surface area contributed by atoms with Crippen molar-refractivity contribution in [3.05, 3.63) is 40.7 Å². The second kappa shape index (κ2) is 6.17. The van der Waals surface area contributed by atoms with Gasteiger partial charge in [-0.1, -0.05) is 6.07 Å². The van der Waals surface area contributed by atoms with E-state index >= 15 is 0 Å². The first kappa shape index (κ1) is 14.6. The van der Waals surface area contributed by atoms with E-state index in [-0.39, 0.29) is 17.9 Å². The Bertz CT molecular complexity index is 678. The molecule has 0 bridgehead atoms.